The van der Waals surface area contributed by atoms with Crippen molar-refractivity contribution in [2.45, 2.75) is 6.42 Å². The lowest BCUT2D eigenvalue weighted by Gasteiger charge is -2.02. The Morgan fingerprint density at radius 1 is 1.37 bits per heavy atom. The fourth-order valence-corrected chi connectivity index (χ4v) is 1.44. The summed E-state index contributed by atoms with van der Waals surface area (Å²) in [6.45, 7) is 0.380. The van der Waals surface area contributed by atoms with Crippen molar-refractivity contribution >= 4 is 11.6 Å². The van der Waals surface area contributed by atoms with Crippen LogP contribution >= 0.6 is 0 Å². The molecule has 0 unspecified atom stereocenters. The number of nitrogens with zero attached hydrogens (tertiary/aromatic N) is 4. The predicted octanol–water partition coefficient (Wildman–Crippen LogP) is 0.0804. The molecule has 0 saturated carbocycles. The highest BCUT2D eigenvalue weighted by Crippen LogP contribution is 2.11. The SMILES string of the molecule is O=C(NCCc1ccc([N+](=O)[O-])cc1)c1nn[nH]n1. The molecule has 9 heteroatoms. The lowest BCUT2D eigenvalue weighted by molar-refractivity contribution is -0.384. The van der Waals surface area contributed by atoms with Crippen LogP contribution in [0.1, 0.15) is 16.2 Å². The molecule has 0 atom stereocenters. The standard InChI is InChI=1S/C10H10N6O3/c17-10(9-12-14-15-13-9)11-6-5-7-1-3-8(4-2-7)16(18)19/h1-4H,5-6H2,(H,11,17)(H,12,13,14,15). The van der Waals surface area contributed by atoms with E-state index in [4.69, 9.17) is 0 Å². The zero-order valence-electron chi connectivity index (χ0n) is 9.74. The Morgan fingerprint density at radius 3 is 2.68 bits per heavy atom. The summed E-state index contributed by atoms with van der Waals surface area (Å²) in [6.07, 6.45) is 0.557. The molecule has 1 amide bonds. The Morgan fingerprint density at radius 2 is 2.11 bits per heavy atom. The van der Waals surface area contributed by atoms with Crippen LogP contribution in [0.15, 0.2) is 24.3 Å². The zero-order valence-corrected chi connectivity index (χ0v) is 9.74. The number of rotatable bonds is 5. The smallest absolute Gasteiger partial charge is 0.292 e. The topological polar surface area (TPSA) is 127 Å². The first kappa shape index (κ1) is 12.6. The number of hydrogen-bond donors (Lipinski definition) is 2. The minimum atomic E-state index is -0.457. The van der Waals surface area contributed by atoms with Crippen LogP contribution in [0, 0.1) is 10.1 Å². The van der Waals surface area contributed by atoms with Gasteiger partial charge in [0.25, 0.3) is 17.4 Å². The van der Waals surface area contributed by atoms with E-state index in [1.807, 2.05) is 0 Å². The highest BCUT2D eigenvalue weighted by molar-refractivity contribution is 5.89. The molecule has 1 heterocycles. The lowest BCUT2D eigenvalue weighted by atomic mass is 10.1. The lowest BCUT2D eigenvalue weighted by Crippen LogP contribution is -2.26. The molecule has 0 spiro atoms. The van der Waals surface area contributed by atoms with Crippen molar-refractivity contribution in [1.82, 2.24) is 25.9 Å². The average Bonchev–Trinajstić information content (AvgIpc) is 2.93. The van der Waals surface area contributed by atoms with Gasteiger partial charge < -0.3 is 5.32 Å². The Labute approximate surface area is 107 Å². The zero-order chi connectivity index (χ0) is 13.7. The van der Waals surface area contributed by atoms with Gasteiger partial charge in [-0.05, 0) is 17.2 Å². The van der Waals surface area contributed by atoms with Gasteiger partial charge >= 0.3 is 0 Å². The fraction of sp³-hybridized carbons (Fsp3) is 0.200. The van der Waals surface area contributed by atoms with E-state index in [1.165, 1.54) is 12.1 Å². The van der Waals surface area contributed by atoms with Gasteiger partial charge in [0, 0.05) is 18.7 Å². The number of tetrazole rings is 1. The van der Waals surface area contributed by atoms with Crippen LogP contribution in [0.25, 0.3) is 0 Å². The Hall–Kier alpha value is -2.84. The number of benzene rings is 1. The van der Waals surface area contributed by atoms with Gasteiger partial charge in [-0.1, -0.05) is 12.1 Å². The van der Waals surface area contributed by atoms with Crippen molar-refractivity contribution in [3.05, 3.63) is 45.8 Å². The highest BCUT2D eigenvalue weighted by atomic mass is 16.6. The number of carbonyl (C=O) groups is 1. The van der Waals surface area contributed by atoms with Gasteiger partial charge in [-0.15, -0.1) is 10.2 Å². The van der Waals surface area contributed by atoms with Crippen molar-refractivity contribution in [3.8, 4) is 0 Å². The second-order valence-corrected chi connectivity index (χ2v) is 3.66. The number of aromatic amines is 1. The normalized spacial score (nSPS) is 10.1. The number of nitro groups is 1. The molecule has 0 saturated heterocycles. The summed E-state index contributed by atoms with van der Waals surface area (Å²) in [5.41, 5.74) is 0.929. The van der Waals surface area contributed by atoms with E-state index in [0.29, 0.717) is 13.0 Å². The van der Waals surface area contributed by atoms with Crippen molar-refractivity contribution in [2.75, 3.05) is 6.54 Å². The molecule has 1 aromatic carbocycles. The van der Waals surface area contributed by atoms with Crippen molar-refractivity contribution in [1.29, 1.82) is 0 Å². The first-order chi connectivity index (χ1) is 9.16. The molecule has 2 N–H and O–H groups in total. The predicted molar refractivity (Wildman–Crippen MR) is 63.3 cm³/mol. The minimum absolute atomic E-state index is 0.0244. The monoisotopic (exact) mass is 262 g/mol. The van der Waals surface area contributed by atoms with Crippen LogP contribution in [-0.4, -0.2) is 38.0 Å². The van der Waals surface area contributed by atoms with Gasteiger partial charge in [0.2, 0.25) is 0 Å². The van der Waals surface area contributed by atoms with E-state index < -0.39 is 10.8 Å². The molecule has 0 aliphatic carbocycles. The Kier molecular flexibility index (Phi) is 3.76. The molecule has 1 aromatic heterocycles. The molecule has 98 valence electrons. The van der Waals surface area contributed by atoms with Crippen LogP contribution in [0.5, 0.6) is 0 Å². The van der Waals surface area contributed by atoms with Gasteiger partial charge in [-0.25, -0.2) is 0 Å². The molecular formula is C10H10N6O3. The van der Waals surface area contributed by atoms with Gasteiger partial charge in [-0.3, -0.25) is 14.9 Å². The maximum absolute atomic E-state index is 11.5. The van der Waals surface area contributed by atoms with Crippen molar-refractivity contribution < 1.29 is 9.72 Å². The average molecular weight is 262 g/mol. The third-order valence-electron chi connectivity index (χ3n) is 2.39. The van der Waals surface area contributed by atoms with E-state index in [0.717, 1.165) is 5.56 Å². The second kappa shape index (κ2) is 5.67. The van der Waals surface area contributed by atoms with E-state index in [-0.39, 0.29) is 11.5 Å². The Balaban J connectivity index is 1.82. The van der Waals surface area contributed by atoms with E-state index >= 15 is 0 Å². The molecule has 0 aliphatic rings. The number of hydrogen-bond acceptors (Lipinski definition) is 6. The van der Waals surface area contributed by atoms with Crippen molar-refractivity contribution in [3.63, 3.8) is 0 Å². The third-order valence-corrected chi connectivity index (χ3v) is 2.39. The van der Waals surface area contributed by atoms with Gasteiger partial charge in [-0.2, -0.15) is 5.21 Å². The molecule has 19 heavy (non-hydrogen) atoms. The van der Waals surface area contributed by atoms with E-state index in [9.17, 15) is 14.9 Å². The summed E-state index contributed by atoms with van der Waals surface area (Å²) >= 11 is 0. The highest BCUT2D eigenvalue weighted by Gasteiger charge is 2.09. The van der Waals surface area contributed by atoms with Gasteiger partial charge in [0.15, 0.2) is 0 Å². The summed E-state index contributed by atoms with van der Waals surface area (Å²) < 4.78 is 0. The van der Waals surface area contributed by atoms with Crippen LogP contribution < -0.4 is 5.32 Å². The molecule has 0 fully saturated rings. The third kappa shape index (κ3) is 3.31. The molecule has 0 radical (unpaired) electrons. The van der Waals surface area contributed by atoms with Gasteiger partial charge in [0.1, 0.15) is 0 Å². The summed E-state index contributed by atoms with van der Waals surface area (Å²) in [7, 11) is 0. The number of nitro benzene ring substituents is 1. The second-order valence-electron chi connectivity index (χ2n) is 3.66. The molecule has 9 nitrogen and oxygen atoms in total. The van der Waals surface area contributed by atoms with Crippen LogP contribution in [0.2, 0.25) is 0 Å². The summed E-state index contributed by atoms with van der Waals surface area (Å²) in [4.78, 5) is 21.5. The van der Waals surface area contributed by atoms with Crippen LogP contribution in [-0.2, 0) is 6.42 Å². The maximum Gasteiger partial charge on any atom is 0.292 e. The maximum atomic E-state index is 11.5. The Bertz CT molecular complexity index is 565. The molecule has 2 aromatic rings. The minimum Gasteiger partial charge on any atom is -0.349 e. The number of amides is 1. The summed E-state index contributed by atoms with van der Waals surface area (Å²) in [6, 6.07) is 6.16. The number of nitrogens with one attached hydrogen (secondary N) is 2. The molecule has 0 aliphatic heterocycles. The summed E-state index contributed by atoms with van der Waals surface area (Å²) in [5.74, 6) is -0.445. The molecular weight excluding hydrogens is 252 g/mol. The quantitative estimate of drug-likeness (QED) is 0.580. The molecule has 2 rings (SSSR count). The fourth-order valence-electron chi connectivity index (χ4n) is 1.44. The largest absolute Gasteiger partial charge is 0.349 e. The summed E-state index contributed by atoms with van der Waals surface area (Å²) in [5, 5.41) is 25.6. The number of carbonyl (C=O) groups excluding carboxylic acids is 1. The van der Waals surface area contributed by atoms with Crippen molar-refractivity contribution in [2.24, 2.45) is 0 Å². The molecule has 0 bridgehead atoms. The number of non-ortho nitro benzene ring substituents is 1. The van der Waals surface area contributed by atoms with Crippen LogP contribution in [0.4, 0.5) is 5.69 Å². The van der Waals surface area contributed by atoms with E-state index in [1.54, 1.807) is 12.1 Å². The van der Waals surface area contributed by atoms with Gasteiger partial charge in [0.05, 0.1) is 4.92 Å². The van der Waals surface area contributed by atoms with Crippen LogP contribution in [0.3, 0.4) is 0 Å². The van der Waals surface area contributed by atoms with E-state index in [2.05, 4.69) is 25.9 Å². The number of aromatic nitrogens is 4. The number of H-pyrrole nitrogens is 1. The first-order valence-electron chi connectivity index (χ1n) is 5.42. The first-order valence-corrected chi connectivity index (χ1v) is 5.42.